The Hall–Kier alpha value is -3.06. The van der Waals surface area contributed by atoms with Crippen molar-refractivity contribution in [3.05, 3.63) is 52.3 Å². The maximum absolute atomic E-state index is 11.4. The number of hydrogen-bond acceptors (Lipinski definition) is 7. The number of carbonyl (C=O) groups is 1. The van der Waals surface area contributed by atoms with Crippen molar-refractivity contribution in [1.29, 1.82) is 0 Å². The van der Waals surface area contributed by atoms with Gasteiger partial charge in [-0.25, -0.2) is 4.98 Å². The van der Waals surface area contributed by atoms with Crippen molar-refractivity contribution in [3.8, 4) is 16.5 Å². The second-order valence-electron chi connectivity index (χ2n) is 6.51. The van der Waals surface area contributed by atoms with E-state index >= 15 is 0 Å². The van der Waals surface area contributed by atoms with Crippen LogP contribution in [0.4, 0.5) is 0 Å². The number of nitrogens with zero attached hydrogens (tertiary/aromatic N) is 1. The molecule has 0 amide bonds. The summed E-state index contributed by atoms with van der Waals surface area (Å²) in [7, 11) is 1.61. The van der Waals surface area contributed by atoms with Gasteiger partial charge in [-0.05, 0) is 38.1 Å². The molecule has 0 saturated carbocycles. The second-order valence-corrected chi connectivity index (χ2v) is 7.33. The van der Waals surface area contributed by atoms with Crippen LogP contribution in [-0.2, 0) is 14.3 Å². The van der Waals surface area contributed by atoms with Crippen LogP contribution in [-0.4, -0.2) is 24.7 Å². The van der Waals surface area contributed by atoms with Crippen LogP contribution < -0.4 is 4.74 Å². The van der Waals surface area contributed by atoms with Crippen molar-refractivity contribution in [2.45, 2.75) is 20.8 Å². The number of fused-ring (bicyclic) bond motifs is 1. The molecule has 2 aromatic heterocycles. The molecule has 3 aromatic rings. The predicted octanol–water partition coefficient (Wildman–Crippen LogP) is 5.16. The van der Waals surface area contributed by atoms with Crippen molar-refractivity contribution in [2.24, 2.45) is 0 Å². The van der Waals surface area contributed by atoms with Gasteiger partial charge in [-0.2, -0.15) is 0 Å². The number of allylic oxidation sites excluding steroid dienone is 1. The summed E-state index contributed by atoms with van der Waals surface area (Å²) >= 11 is 1.45. The molecular weight excluding hydrogens is 378 g/mol. The molecule has 1 aliphatic rings. The number of furan rings is 1. The van der Waals surface area contributed by atoms with Crippen molar-refractivity contribution in [3.63, 3.8) is 0 Å². The van der Waals surface area contributed by atoms with Crippen molar-refractivity contribution in [1.82, 2.24) is 4.98 Å². The lowest BCUT2D eigenvalue weighted by Gasteiger charge is -2.21. The summed E-state index contributed by atoms with van der Waals surface area (Å²) < 4.78 is 22.4. The average Bonchev–Trinajstić information content (AvgIpc) is 3.30. The molecule has 1 aliphatic heterocycles. The zero-order valence-electron chi connectivity index (χ0n) is 16.0. The molecule has 0 bridgehead atoms. The van der Waals surface area contributed by atoms with Gasteiger partial charge in [0.25, 0.3) is 5.19 Å². The highest BCUT2D eigenvalue weighted by molar-refractivity contribution is 7.11. The molecule has 4 rings (SSSR count). The van der Waals surface area contributed by atoms with Gasteiger partial charge in [-0.3, -0.25) is 4.79 Å². The molecule has 7 heteroatoms. The van der Waals surface area contributed by atoms with Crippen LogP contribution >= 0.6 is 11.3 Å². The molecule has 0 fully saturated rings. The molecule has 6 nitrogen and oxygen atoms in total. The molecular formula is C21H19NO5S. The van der Waals surface area contributed by atoms with E-state index in [4.69, 9.17) is 18.6 Å². The van der Waals surface area contributed by atoms with Crippen LogP contribution in [0.1, 0.15) is 26.5 Å². The number of ether oxygens (including phenoxy) is 3. The van der Waals surface area contributed by atoms with Crippen LogP contribution in [0.15, 0.2) is 51.0 Å². The van der Waals surface area contributed by atoms with Gasteiger partial charge in [0, 0.05) is 34.4 Å². The van der Waals surface area contributed by atoms with Crippen LogP contribution in [0.5, 0.6) is 5.19 Å². The quantitative estimate of drug-likeness (QED) is 0.566. The molecule has 1 aromatic carbocycles. The number of hydrogen-bond donors (Lipinski definition) is 0. The minimum absolute atomic E-state index is 0.343. The van der Waals surface area contributed by atoms with Gasteiger partial charge in [-0.1, -0.05) is 11.3 Å². The van der Waals surface area contributed by atoms with E-state index in [0.717, 1.165) is 33.4 Å². The molecule has 144 valence electrons. The van der Waals surface area contributed by atoms with Crippen LogP contribution in [0, 0.1) is 0 Å². The van der Waals surface area contributed by atoms with E-state index in [1.54, 1.807) is 7.11 Å². The monoisotopic (exact) mass is 397 g/mol. The first-order chi connectivity index (χ1) is 13.5. The van der Waals surface area contributed by atoms with Crippen LogP contribution in [0.3, 0.4) is 0 Å². The minimum atomic E-state index is -0.358. The van der Waals surface area contributed by atoms with Gasteiger partial charge in [-0.15, -0.1) is 0 Å². The summed E-state index contributed by atoms with van der Waals surface area (Å²) in [6, 6.07) is 7.81. The Bertz CT molecular complexity index is 1130. The molecule has 0 saturated heterocycles. The van der Waals surface area contributed by atoms with E-state index < -0.39 is 0 Å². The highest BCUT2D eigenvalue weighted by atomic mass is 32.1. The lowest BCUT2D eigenvalue weighted by Crippen LogP contribution is -2.13. The fourth-order valence-electron chi connectivity index (χ4n) is 3.14. The summed E-state index contributed by atoms with van der Waals surface area (Å²) in [6.45, 7) is 5.47. The molecule has 0 radical (unpaired) electrons. The Morgan fingerprint density at radius 1 is 1.25 bits per heavy atom. The molecule has 0 unspecified atom stereocenters. The number of rotatable bonds is 4. The standard InChI is InChI=1S/C21H19NO5S/c1-11-9-25-20(12(2)19(11)26-13(3)23)18-8-15-7-14(5-6-17(15)27-18)16-10-28-21(22-16)24-4/h5-8,10H,9H2,1-4H3. The van der Waals surface area contributed by atoms with E-state index in [-0.39, 0.29) is 5.97 Å². The molecule has 0 N–H and O–H groups in total. The third kappa shape index (κ3) is 3.29. The second kappa shape index (κ2) is 7.16. The van der Waals surface area contributed by atoms with Gasteiger partial charge in [0.1, 0.15) is 17.9 Å². The van der Waals surface area contributed by atoms with Gasteiger partial charge in [0.2, 0.25) is 0 Å². The normalized spacial score (nSPS) is 14.4. The Morgan fingerprint density at radius 2 is 2.07 bits per heavy atom. The molecule has 3 heterocycles. The van der Waals surface area contributed by atoms with E-state index in [1.807, 2.05) is 43.5 Å². The maximum atomic E-state index is 11.4. The molecule has 0 atom stereocenters. The SMILES string of the molecule is COc1nc(-c2ccc3oc(C4=C(C)C(OC(C)=O)=C(C)CO4)cc3c2)cs1. The van der Waals surface area contributed by atoms with E-state index in [1.165, 1.54) is 18.3 Å². The lowest BCUT2D eigenvalue weighted by molar-refractivity contribution is -0.136. The number of benzene rings is 1. The van der Waals surface area contributed by atoms with E-state index in [0.29, 0.717) is 29.1 Å². The third-order valence-electron chi connectivity index (χ3n) is 4.44. The number of thiazole rings is 1. The van der Waals surface area contributed by atoms with Crippen LogP contribution in [0.2, 0.25) is 0 Å². The Kier molecular flexibility index (Phi) is 4.68. The summed E-state index contributed by atoms with van der Waals surface area (Å²) in [6.07, 6.45) is 0. The fourth-order valence-corrected chi connectivity index (χ4v) is 3.79. The van der Waals surface area contributed by atoms with Gasteiger partial charge in [0.15, 0.2) is 11.5 Å². The van der Waals surface area contributed by atoms with Gasteiger partial charge in [0.05, 0.1) is 12.8 Å². The average molecular weight is 397 g/mol. The number of carbonyl (C=O) groups excluding carboxylic acids is 1. The summed E-state index contributed by atoms with van der Waals surface area (Å²) in [4.78, 5) is 15.9. The van der Waals surface area contributed by atoms with Crippen molar-refractivity contribution in [2.75, 3.05) is 13.7 Å². The summed E-state index contributed by atoms with van der Waals surface area (Å²) in [5, 5.41) is 3.51. The smallest absolute Gasteiger partial charge is 0.308 e. The largest absolute Gasteiger partial charge is 0.485 e. The molecule has 28 heavy (non-hydrogen) atoms. The maximum Gasteiger partial charge on any atom is 0.308 e. The van der Waals surface area contributed by atoms with Crippen LogP contribution in [0.25, 0.3) is 28.0 Å². The zero-order chi connectivity index (χ0) is 19.8. The van der Waals surface area contributed by atoms with E-state index in [2.05, 4.69) is 4.98 Å². The highest BCUT2D eigenvalue weighted by Crippen LogP contribution is 2.36. The Balaban J connectivity index is 1.73. The van der Waals surface area contributed by atoms with Crippen molar-refractivity contribution < 1.29 is 23.4 Å². The van der Waals surface area contributed by atoms with Gasteiger partial charge >= 0.3 is 5.97 Å². The van der Waals surface area contributed by atoms with Crippen molar-refractivity contribution >= 4 is 34.0 Å². The van der Waals surface area contributed by atoms with Gasteiger partial charge < -0.3 is 18.6 Å². The first-order valence-corrected chi connectivity index (χ1v) is 9.60. The summed E-state index contributed by atoms with van der Waals surface area (Å²) in [5.41, 5.74) is 4.18. The molecule has 0 spiro atoms. The first-order valence-electron chi connectivity index (χ1n) is 8.72. The van der Waals surface area contributed by atoms with E-state index in [9.17, 15) is 4.79 Å². The highest BCUT2D eigenvalue weighted by Gasteiger charge is 2.24. The Labute approximate surface area is 166 Å². The minimum Gasteiger partial charge on any atom is -0.485 e. The summed E-state index contributed by atoms with van der Waals surface area (Å²) in [5.74, 6) is 1.36. The number of esters is 1. The Morgan fingerprint density at radius 3 is 2.79 bits per heavy atom. The molecule has 0 aliphatic carbocycles. The first kappa shape index (κ1) is 18.3. The zero-order valence-corrected chi connectivity index (χ0v) is 16.8. The topological polar surface area (TPSA) is 70.8 Å². The predicted molar refractivity (Wildman–Crippen MR) is 107 cm³/mol. The fraction of sp³-hybridized carbons (Fsp3) is 0.238. The number of methoxy groups -OCH3 is 1. The third-order valence-corrected chi connectivity index (χ3v) is 5.24. The number of aromatic nitrogens is 1. The lowest BCUT2D eigenvalue weighted by atomic mass is 10.1.